The number of phenols is 1. The van der Waals surface area contributed by atoms with Crippen molar-refractivity contribution in [2.45, 2.75) is 26.3 Å². The Bertz CT molecular complexity index is 281. The van der Waals surface area contributed by atoms with Crippen molar-refractivity contribution in [1.29, 1.82) is 0 Å². The number of hydrogen-bond acceptors (Lipinski definition) is 2. The van der Waals surface area contributed by atoms with Crippen LogP contribution >= 0.6 is 0 Å². The van der Waals surface area contributed by atoms with E-state index in [0.717, 1.165) is 11.1 Å². The van der Waals surface area contributed by atoms with E-state index in [2.05, 4.69) is 19.2 Å². The normalized spacial score (nSPS) is 10.8. The van der Waals surface area contributed by atoms with Crippen molar-refractivity contribution in [1.82, 2.24) is 5.32 Å². The van der Waals surface area contributed by atoms with Crippen LogP contribution in [-0.4, -0.2) is 12.2 Å². The highest BCUT2D eigenvalue weighted by Gasteiger charge is 2.08. The summed E-state index contributed by atoms with van der Waals surface area (Å²) in [6.07, 6.45) is 0. The second-order valence-corrected chi connectivity index (χ2v) is 3.54. The van der Waals surface area contributed by atoms with Gasteiger partial charge in [-0.3, -0.25) is 0 Å². The summed E-state index contributed by atoms with van der Waals surface area (Å²) in [7, 11) is 1.88. The molecule has 2 N–H and O–H groups in total. The molecule has 0 bridgehead atoms. The molecule has 0 unspecified atom stereocenters. The summed E-state index contributed by atoms with van der Waals surface area (Å²) >= 11 is 0. The number of aromatic hydroxyl groups is 1. The summed E-state index contributed by atoms with van der Waals surface area (Å²) in [5, 5.41) is 12.9. The second-order valence-electron chi connectivity index (χ2n) is 3.54. The minimum atomic E-state index is 0.372. The molecule has 0 saturated carbocycles. The molecule has 0 saturated heterocycles. The molecule has 0 aliphatic heterocycles. The SMILES string of the molecule is CNCc1cccc(C(C)C)c1O. The van der Waals surface area contributed by atoms with Crippen LogP contribution in [0.15, 0.2) is 18.2 Å². The van der Waals surface area contributed by atoms with Crippen LogP contribution in [-0.2, 0) is 6.54 Å². The van der Waals surface area contributed by atoms with E-state index in [9.17, 15) is 5.11 Å². The molecule has 1 aromatic rings. The molecule has 0 amide bonds. The molecule has 13 heavy (non-hydrogen) atoms. The average molecular weight is 179 g/mol. The molecule has 0 aromatic heterocycles. The van der Waals surface area contributed by atoms with Crippen LogP contribution in [0.5, 0.6) is 5.75 Å². The minimum absolute atomic E-state index is 0.372. The molecular formula is C11H17NO. The average Bonchev–Trinajstić information content (AvgIpc) is 2.08. The summed E-state index contributed by atoms with van der Waals surface area (Å²) in [5.74, 6) is 0.809. The van der Waals surface area contributed by atoms with Crippen molar-refractivity contribution in [2.24, 2.45) is 0 Å². The highest BCUT2D eigenvalue weighted by molar-refractivity contribution is 5.41. The molecular weight excluding hydrogens is 162 g/mol. The van der Waals surface area contributed by atoms with E-state index < -0.39 is 0 Å². The van der Waals surface area contributed by atoms with E-state index in [-0.39, 0.29) is 0 Å². The Morgan fingerprint density at radius 2 is 2.08 bits per heavy atom. The van der Waals surface area contributed by atoms with E-state index in [1.807, 2.05) is 25.2 Å². The van der Waals surface area contributed by atoms with Crippen molar-refractivity contribution >= 4 is 0 Å². The Balaban J connectivity index is 3.03. The first kappa shape index (κ1) is 10.1. The third-order valence-corrected chi connectivity index (χ3v) is 2.14. The summed E-state index contributed by atoms with van der Waals surface area (Å²) in [6.45, 7) is 4.88. The first-order valence-corrected chi connectivity index (χ1v) is 4.62. The summed E-state index contributed by atoms with van der Waals surface area (Å²) in [4.78, 5) is 0. The molecule has 2 nitrogen and oxygen atoms in total. The van der Waals surface area contributed by atoms with Gasteiger partial charge in [-0.25, -0.2) is 0 Å². The number of benzene rings is 1. The van der Waals surface area contributed by atoms with Gasteiger partial charge in [-0.2, -0.15) is 0 Å². The maximum absolute atomic E-state index is 9.85. The fourth-order valence-electron chi connectivity index (χ4n) is 1.41. The number of rotatable bonds is 3. The van der Waals surface area contributed by atoms with Crippen LogP contribution in [0.1, 0.15) is 30.9 Å². The standard InChI is InChI=1S/C11H17NO/c1-8(2)10-6-4-5-9(7-12-3)11(10)13/h4-6,8,12-13H,7H2,1-3H3. The summed E-state index contributed by atoms with van der Waals surface area (Å²) in [6, 6.07) is 5.90. The highest BCUT2D eigenvalue weighted by Crippen LogP contribution is 2.28. The van der Waals surface area contributed by atoms with Crippen LogP contribution in [0.2, 0.25) is 0 Å². The van der Waals surface area contributed by atoms with Crippen LogP contribution in [0, 0.1) is 0 Å². The number of para-hydroxylation sites is 1. The Hall–Kier alpha value is -1.02. The van der Waals surface area contributed by atoms with E-state index >= 15 is 0 Å². The van der Waals surface area contributed by atoms with Gasteiger partial charge in [0.05, 0.1) is 0 Å². The van der Waals surface area contributed by atoms with Gasteiger partial charge in [0.2, 0.25) is 0 Å². The zero-order valence-corrected chi connectivity index (χ0v) is 8.46. The number of phenolic OH excluding ortho intramolecular Hbond substituents is 1. The monoisotopic (exact) mass is 179 g/mol. The summed E-state index contributed by atoms with van der Waals surface area (Å²) in [5.41, 5.74) is 1.99. The van der Waals surface area contributed by atoms with Gasteiger partial charge in [-0.15, -0.1) is 0 Å². The fourth-order valence-corrected chi connectivity index (χ4v) is 1.41. The van der Waals surface area contributed by atoms with Gasteiger partial charge in [-0.1, -0.05) is 32.0 Å². The molecule has 0 aliphatic rings. The van der Waals surface area contributed by atoms with Crippen LogP contribution < -0.4 is 5.32 Å². The predicted molar refractivity (Wildman–Crippen MR) is 55.0 cm³/mol. The zero-order valence-electron chi connectivity index (χ0n) is 8.46. The molecule has 0 fully saturated rings. The lowest BCUT2D eigenvalue weighted by molar-refractivity contribution is 0.456. The van der Waals surface area contributed by atoms with Crippen molar-refractivity contribution in [3.8, 4) is 5.75 Å². The van der Waals surface area contributed by atoms with Crippen molar-refractivity contribution < 1.29 is 5.11 Å². The van der Waals surface area contributed by atoms with Gasteiger partial charge in [0.25, 0.3) is 0 Å². The van der Waals surface area contributed by atoms with Crippen LogP contribution in [0.25, 0.3) is 0 Å². The minimum Gasteiger partial charge on any atom is -0.507 e. The Labute approximate surface area is 79.6 Å². The molecule has 0 heterocycles. The third kappa shape index (κ3) is 2.22. The predicted octanol–water partition coefficient (Wildman–Crippen LogP) is 2.24. The van der Waals surface area contributed by atoms with Crippen molar-refractivity contribution in [3.05, 3.63) is 29.3 Å². The lowest BCUT2D eigenvalue weighted by Crippen LogP contribution is -2.06. The highest BCUT2D eigenvalue weighted by atomic mass is 16.3. The Morgan fingerprint density at radius 3 is 2.62 bits per heavy atom. The Kier molecular flexibility index (Phi) is 3.32. The quantitative estimate of drug-likeness (QED) is 0.745. The van der Waals surface area contributed by atoms with E-state index in [1.54, 1.807) is 0 Å². The van der Waals surface area contributed by atoms with Gasteiger partial charge in [-0.05, 0) is 18.5 Å². The molecule has 72 valence electrons. The van der Waals surface area contributed by atoms with Crippen LogP contribution in [0.4, 0.5) is 0 Å². The van der Waals surface area contributed by atoms with Gasteiger partial charge in [0.15, 0.2) is 0 Å². The largest absolute Gasteiger partial charge is 0.507 e. The summed E-state index contributed by atoms with van der Waals surface area (Å²) < 4.78 is 0. The number of hydrogen-bond donors (Lipinski definition) is 2. The molecule has 0 radical (unpaired) electrons. The first-order chi connectivity index (χ1) is 6.16. The topological polar surface area (TPSA) is 32.3 Å². The fraction of sp³-hybridized carbons (Fsp3) is 0.455. The van der Waals surface area contributed by atoms with Gasteiger partial charge >= 0.3 is 0 Å². The van der Waals surface area contributed by atoms with E-state index in [0.29, 0.717) is 18.2 Å². The van der Waals surface area contributed by atoms with E-state index in [1.165, 1.54) is 0 Å². The molecule has 0 aliphatic carbocycles. The van der Waals surface area contributed by atoms with Crippen molar-refractivity contribution in [2.75, 3.05) is 7.05 Å². The van der Waals surface area contributed by atoms with Crippen LogP contribution in [0.3, 0.4) is 0 Å². The first-order valence-electron chi connectivity index (χ1n) is 4.62. The zero-order chi connectivity index (χ0) is 9.84. The van der Waals surface area contributed by atoms with Gasteiger partial charge in [0, 0.05) is 12.1 Å². The molecule has 0 atom stereocenters. The maximum atomic E-state index is 9.85. The molecule has 1 aromatic carbocycles. The lowest BCUT2D eigenvalue weighted by Gasteiger charge is -2.11. The number of nitrogens with one attached hydrogen (secondary N) is 1. The maximum Gasteiger partial charge on any atom is 0.123 e. The second kappa shape index (κ2) is 4.28. The molecule has 2 heteroatoms. The molecule has 0 spiro atoms. The van der Waals surface area contributed by atoms with E-state index in [4.69, 9.17) is 0 Å². The molecule has 1 rings (SSSR count). The third-order valence-electron chi connectivity index (χ3n) is 2.14. The van der Waals surface area contributed by atoms with Gasteiger partial charge in [0.1, 0.15) is 5.75 Å². The van der Waals surface area contributed by atoms with Crippen molar-refractivity contribution in [3.63, 3.8) is 0 Å². The lowest BCUT2D eigenvalue weighted by atomic mass is 9.99. The Morgan fingerprint density at radius 1 is 1.38 bits per heavy atom. The smallest absolute Gasteiger partial charge is 0.123 e. The van der Waals surface area contributed by atoms with Gasteiger partial charge < -0.3 is 10.4 Å².